The van der Waals surface area contributed by atoms with E-state index in [-0.39, 0.29) is 11.6 Å². The minimum Gasteiger partial charge on any atom is -0.508 e. The number of unbranched alkanes of at least 4 members (excludes halogenated alkanes) is 1. The number of hydrogen-bond acceptors (Lipinski definition) is 3. The average molecular weight is 343 g/mol. The highest BCUT2D eigenvalue weighted by molar-refractivity contribution is 5.68. The van der Waals surface area contributed by atoms with Crippen LogP contribution in [0.25, 0.3) is 0 Å². The van der Waals surface area contributed by atoms with Crippen molar-refractivity contribution in [3.63, 3.8) is 0 Å². The molecule has 0 heterocycles. The van der Waals surface area contributed by atoms with Crippen LogP contribution in [0, 0.1) is 17.8 Å². The van der Waals surface area contributed by atoms with Crippen molar-refractivity contribution in [2.75, 3.05) is 6.61 Å². The number of carbonyl (C=O) groups is 1. The third-order valence-corrected chi connectivity index (χ3v) is 6.43. The van der Waals surface area contributed by atoms with Gasteiger partial charge < -0.3 is 15.2 Å². The van der Waals surface area contributed by atoms with E-state index in [9.17, 15) is 9.90 Å². The molecule has 25 heavy (non-hydrogen) atoms. The first-order valence-corrected chi connectivity index (χ1v) is 9.83. The average Bonchev–Trinajstić information content (AvgIpc) is 2.54. The van der Waals surface area contributed by atoms with Gasteiger partial charge in [0, 0.05) is 5.54 Å². The molecule has 4 fully saturated rings. The highest BCUT2D eigenvalue weighted by atomic mass is 16.5. The monoisotopic (exact) mass is 343 g/mol. The van der Waals surface area contributed by atoms with Gasteiger partial charge in [-0.2, -0.15) is 0 Å². The van der Waals surface area contributed by atoms with E-state index in [1.807, 2.05) is 12.1 Å². The van der Waals surface area contributed by atoms with Crippen LogP contribution in [0.5, 0.6) is 5.75 Å². The molecular formula is C21H29NO3. The highest BCUT2D eigenvalue weighted by Crippen LogP contribution is 2.55. The molecule has 136 valence electrons. The number of alkyl carbamates (subject to hydrolysis) is 1. The predicted molar refractivity (Wildman–Crippen MR) is 96.4 cm³/mol. The molecule has 4 nitrogen and oxygen atoms in total. The summed E-state index contributed by atoms with van der Waals surface area (Å²) in [5, 5.41) is 12.5. The maximum absolute atomic E-state index is 12.2. The molecule has 0 aliphatic heterocycles. The van der Waals surface area contributed by atoms with Gasteiger partial charge in [0.05, 0.1) is 6.61 Å². The van der Waals surface area contributed by atoms with Gasteiger partial charge in [-0.15, -0.1) is 0 Å². The van der Waals surface area contributed by atoms with Gasteiger partial charge in [-0.05, 0) is 93.2 Å². The number of carbonyl (C=O) groups excluding carboxylic acids is 1. The maximum Gasteiger partial charge on any atom is 0.407 e. The molecule has 4 aliphatic rings. The quantitative estimate of drug-likeness (QED) is 0.752. The van der Waals surface area contributed by atoms with Crippen LogP contribution in [-0.2, 0) is 11.2 Å². The largest absolute Gasteiger partial charge is 0.508 e. The Labute approximate surface area is 150 Å². The Morgan fingerprint density at radius 1 is 1.04 bits per heavy atom. The van der Waals surface area contributed by atoms with Crippen LogP contribution in [-0.4, -0.2) is 23.3 Å². The van der Waals surface area contributed by atoms with Crippen LogP contribution in [0.15, 0.2) is 24.3 Å². The van der Waals surface area contributed by atoms with Crippen LogP contribution < -0.4 is 5.32 Å². The van der Waals surface area contributed by atoms with Crippen molar-refractivity contribution >= 4 is 6.09 Å². The first-order valence-electron chi connectivity index (χ1n) is 9.83. The summed E-state index contributed by atoms with van der Waals surface area (Å²) in [6.07, 6.45) is 10.2. The van der Waals surface area contributed by atoms with Crippen LogP contribution >= 0.6 is 0 Å². The van der Waals surface area contributed by atoms with Gasteiger partial charge in [0.2, 0.25) is 0 Å². The third-order valence-electron chi connectivity index (χ3n) is 6.43. The van der Waals surface area contributed by atoms with Crippen molar-refractivity contribution < 1.29 is 14.6 Å². The standard InChI is InChI=1S/C21H29NO3/c23-19-6-4-15(5-7-19)3-1-2-8-25-20(24)22-21-12-16-9-17(13-21)11-18(10-16)14-21/h4-7,16-18,23H,1-3,8-14H2,(H,22,24). The predicted octanol–water partition coefficient (Wildman–Crippen LogP) is 4.41. The summed E-state index contributed by atoms with van der Waals surface area (Å²) in [6.45, 7) is 0.482. The molecule has 5 rings (SSSR count). The summed E-state index contributed by atoms with van der Waals surface area (Å²) in [5.41, 5.74) is 1.24. The molecule has 4 saturated carbocycles. The zero-order chi connectivity index (χ0) is 17.3. The number of phenols is 1. The number of aryl methyl sites for hydroxylation is 1. The molecular weight excluding hydrogens is 314 g/mol. The molecule has 4 bridgehead atoms. The van der Waals surface area contributed by atoms with Gasteiger partial charge in [-0.3, -0.25) is 0 Å². The van der Waals surface area contributed by atoms with Crippen molar-refractivity contribution in [1.29, 1.82) is 0 Å². The molecule has 4 heteroatoms. The van der Waals surface area contributed by atoms with E-state index in [0.717, 1.165) is 56.3 Å². The van der Waals surface area contributed by atoms with Crippen molar-refractivity contribution in [3.8, 4) is 5.75 Å². The van der Waals surface area contributed by atoms with E-state index >= 15 is 0 Å². The Hall–Kier alpha value is -1.71. The Bertz CT molecular complexity index is 575. The lowest BCUT2D eigenvalue weighted by Crippen LogP contribution is -2.59. The first-order chi connectivity index (χ1) is 12.1. The highest BCUT2D eigenvalue weighted by Gasteiger charge is 2.51. The SMILES string of the molecule is O=C(NC12CC3CC(CC(C3)C1)C2)OCCCCc1ccc(O)cc1. The summed E-state index contributed by atoms with van der Waals surface area (Å²) in [6, 6.07) is 7.31. The van der Waals surface area contributed by atoms with Crippen LogP contribution in [0.4, 0.5) is 4.79 Å². The second-order valence-electron chi connectivity index (χ2n) is 8.58. The molecule has 0 saturated heterocycles. The second-order valence-corrected chi connectivity index (χ2v) is 8.58. The van der Waals surface area contributed by atoms with E-state index in [0.29, 0.717) is 12.4 Å². The van der Waals surface area contributed by atoms with E-state index in [1.54, 1.807) is 12.1 Å². The third kappa shape index (κ3) is 3.94. The minimum atomic E-state index is -0.216. The number of hydrogen-bond donors (Lipinski definition) is 2. The smallest absolute Gasteiger partial charge is 0.407 e. The molecule has 4 aliphatic carbocycles. The summed E-state index contributed by atoms with van der Waals surface area (Å²) in [4.78, 5) is 12.2. The maximum atomic E-state index is 12.2. The minimum absolute atomic E-state index is 0.0396. The molecule has 0 atom stereocenters. The number of ether oxygens (including phenoxy) is 1. The summed E-state index contributed by atoms with van der Waals surface area (Å²) >= 11 is 0. The van der Waals surface area contributed by atoms with Crippen molar-refractivity contribution in [2.24, 2.45) is 17.8 Å². The Balaban J connectivity index is 1.17. The second kappa shape index (κ2) is 6.89. The topological polar surface area (TPSA) is 58.6 Å². The lowest BCUT2D eigenvalue weighted by Gasteiger charge is -2.56. The molecule has 0 unspecified atom stereocenters. The molecule has 0 radical (unpaired) electrons. The van der Waals surface area contributed by atoms with Crippen molar-refractivity contribution in [2.45, 2.75) is 63.3 Å². The Morgan fingerprint density at radius 3 is 2.24 bits per heavy atom. The molecule has 0 aromatic heterocycles. The Morgan fingerprint density at radius 2 is 1.64 bits per heavy atom. The zero-order valence-electron chi connectivity index (χ0n) is 14.9. The summed E-state index contributed by atoms with van der Waals surface area (Å²) in [5.74, 6) is 2.79. The fraction of sp³-hybridized carbons (Fsp3) is 0.667. The number of rotatable bonds is 6. The molecule has 1 aromatic carbocycles. The number of benzene rings is 1. The van der Waals surface area contributed by atoms with E-state index < -0.39 is 0 Å². The van der Waals surface area contributed by atoms with Crippen molar-refractivity contribution in [1.82, 2.24) is 5.32 Å². The van der Waals surface area contributed by atoms with E-state index in [1.165, 1.54) is 24.8 Å². The van der Waals surface area contributed by atoms with Gasteiger partial charge in [0.1, 0.15) is 5.75 Å². The number of amides is 1. The van der Waals surface area contributed by atoms with Gasteiger partial charge in [0.15, 0.2) is 0 Å². The van der Waals surface area contributed by atoms with Gasteiger partial charge in [-0.1, -0.05) is 12.1 Å². The van der Waals surface area contributed by atoms with Crippen LogP contribution in [0.2, 0.25) is 0 Å². The molecule has 1 amide bonds. The Kier molecular flexibility index (Phi) is 4.61. The molecule has 0 spiro atoms. The summed E-state index contributed by atoms with van der Waals surface area (Å²) in [7, 11) is 0. The number of nitrogens with one attached hydrogen (secondary N) is 1. The lowest BCUT2D eigenvalue weighted by molar-refractivity contribution is -0.0191. The number of phenolic OH excluding ortho intramolecular Hbond substituents is 1. The summed E-state index contributed by atoms with van der Waals surface area (Å²) < 4.78 is 5.45. The van der Waals surface area contributed by atoms with E-state index in [2.05, 4.69) is 5.32 Å². The first kappa shape index (κ1) is 16.7. The van der Waals surface area contributed by atoms with Crippen LogP contribution in [0.1, 0.15) is 56.9 Å². The van der Waals surface area contributed by atoms with Gasteiger partial charge >= 0.3 is 6.09 Å². The fourth-order valence-corrected chi connectivity index (χ4v) is 5.77. The van der Waals surface area contributed by atoms with Gasteiger partial charge in [-0.25, -0.2) is 4.79 Å². The van der Waals surface area contributed by atoms with Crippen molar-refractivity contribution in [3.05, 3.63) is 29.8 Å². The van der Waals surface area contributed by atoms with Gasteiger partial charge in [0.25, 0.3) is 0 Å². The lowest BCUT2D eigenvalue weighted by atomic mass is 9.53. The zero-order valence-corrected chi connectivity index (χ0v) is 14.9. The normalized spacial score (nSPS) is 32.6. The van der Waals surface area contributed by atoms with E-state index in [4.69, 9.17) is 4.74 Å². The fourth-order valence-electron chi connectivity index (χ4n) is 5.77. The molecule has 1 aromatic rings. The molecule has 2 N–H and O–H groups in total. The van der Waals surface area contributed by atoms with Crippen LogP contribution in [0.3, 0.4) is 0 Å². The number of aromatic hydroxyl groups is 1.